The predicted molar refractivity (Wildman–Crippen MR) is 47.2 cm³/mol. The Morgan fingerprint density at radius 2 is 2.09 bits per heavy atom. The molecule has 1 rings (SSSR count). The highest BCUT2D eigenvalue weighted by Crippen LogP contribution is 2.26. The molecule has 0 heterocycles. The van der Waals surface area contributed by atoms with Crippen molar-refractivity contribution in [1.29, 1.82) is 0 Å². The van der Waals surface area contributed by atoms with E-state index in [0.717, 1.165) is 12.3 Å². The molecule has 0 aromatic carbocycles. The SMILES string of the molecule is CC(O)CCC1CC[CH]CC1. The van der Waals surface area contributed by atoms with Crippen molar-refractivity contribution >= 4 is 0 Å². The molecule has 1 nitrogen and oxygen atoms in total. The fraction of sp³-hybridized carbons (Fsp3) is 0.900. The molecule has 1 unspecified atom stereocenters. The van der Waals surface area contributed by atoms with Crippen LogP contribution in [0, 0.1) is 12.3 Å². The van der Waals surface area contributed by atoms with Crippen molar-refractivity contribution in [3.05, 3.63) is 6.42 Å². The molecule has 1 fully saturated rings. The zero-order valence-electron chi connectivity index (χ0n) is 7.42. The molecule has 1 atom stereocenters. The molecule has 1 saturated carbocycles. The van der Waals surface area contributed by atoms with Gasteiger partial charge in [-0.3, -0.25) is 0 Å². The van der Waals surface area contributed by atoms with Gasteiger partial charge in [0.1, 0.15) is 0 Å². The van der Waals surface area contributed by atoms with Crippen molar-refractivity contribution in [1.82, 2.24) is 0 Å². The first-order valence-electron chi connectivity index (χ1n) is 4.79. The second-order valence-corrected chi connectivity index (χ2v) is 3.74. The van der Waals surface area contributed by atoms with Gasteiger partial charge in [0, 0.05) is 0 Å². The second-order valence-electron chi connectivity index (χ2n) is 3.74. The van der Waals surface area contributed by atoms with Crippen LogP contribution in [0.4, 0.5) is 0 Å². The zero-order valence-corrected chi connectivity index (χ0v) is 7.42. The quantitative estimate of drug-likeness (QED) is 0.664. The highest BCUT2D eigenvalue weighted by molar-refractivity contribution is 4.76. The Kier molecular flexibility index (Phi) is 3.92. The van der Waals surface area contributed by atoms with E-state index in [-0.39, 0.29) is 6.10 Å². The molecule has 1 N–H and O–H groups in total. The summed E-state index contributed by atoms with van der Waals surface area (Å²) in [5.74, 6) is 0.898. The van der Waals surface area contributed by atoms with Crippen LogP contribution >= 0.6 is 0 Å². The van der Waals surface area contributed by atoms with Crippen molar-refractivity contribution < 1.29 is 5.11 Å². The lowest BCUT2D eigenvalue weighted by Crippen LogP contribution is -2.09. The molecule has 0 aromatic rings. The number of hydrogen-bond donors (Lipinski definition) is 1. The lowest BCUT2D eigenvalue weighted by Gasteiger charge is -2.21. The second kappa shape index (κ2) is 4.76. The lowest BCUT2D eigenvalue weighted by atomic mass is 9.85. The Bertz CT molecular complexity index is 93.0. The summed E-state index contributed by atoms with van der Waals surface area (Å²) in [6, 6.07) is 0. The van der Waals surface area contributed by atoms with Crippen molar-refractivity contribution in [2.75, 3.05) is 0 Å². The molecule has 0 spiro atoms. The molecule has 0 bridgehead atoms. The third kappa shape index (κ3) is 3.76. The van der Waals surface area contributed by atoms with E-state index < -0.39 is 0 Å². The molecular weight excluding hydrogens is 136 g/mol. The minimum atomic E-state index is -0.0964. The summed E-state index contributed by atoms with van der Waals surface area (Å²) in [6.07, 6.45) is 9.81. The molecule has 0 saturated heterocycles. The summed E-state index contributed by atoms with van der Waals surface area (Å²) in [5, 5.41) is 9.08. The smallest absolute Gasteiger partial charge is 0.0512 e. The monoisotopic (exact) mass is 155 g/mol. The van der Waals surface area contributed by atoms with E-state index in [1.54, 1.807) is 0 Å². The van der Waals surface area contributed by atoms with E-state index >= 15 is 0 Å². The summed E-state index contributed by atoms with van der Waals surface area (Å²) in [5.41, 5.74) is 0. The maximum Gasteiger partial charge on any atom is 0.0512 e. The van der Waals surface area contributed by atoms with Crippen LogP contribution < -0.4 is 0 Å². The van der Waals surface area contributed by atoms with Crippen molar-refractivity contribution in [3.63, 3.8) is 0 Å². The lowest BCUT2D eigenvalue weighted by molar-refractivity contribution is 0.169. The van der Waals surface area contributed by atoms with Gasteiger partial charge in [-0.1, -0.05) is 12.8 Å². The van der Waals surface area contributed by atoms with Gasteiger partial charge in [-0.15, -0.1) is 0 Å². The zero-order chi connectivity index (χ0) is 8.10. The van der Waals surface area contributed by atoms with Crippen LogP contribution in [0.3, 0.4) is 0 Å². The first kappa shape index (κ1) is 9.05. The Balaban J connectivity index is 2.05. The summed E-state index contributed by atoms with van der Waals surface area (Å²) < 4.78 is 0. The van der Waals surface area contributed by atoms with Crippen LogP contribution in [0.15, 0.2) is 0 Å². The van der Waals surface area contributed by atoms with Crippen LogP contribution in [-0.2, 0) is 0 Å². The Morgan fingerprint density at radius 3 is 2.64 bits per heavy atom. The molecule has 1 radical (unpaired) electrons. The Hall–Kier alpha value is -0.0400. The van der Waals surface area contributed by atoms with Gasteiger partial charge < -0.3 is 5.11 Å². The minimum absolute atomic E-state index is 0.0964. The van der Waals surface area contributed by atoms with Crippen molar-refractivity contribution in [2.24, 2.45) is 5.92 Å². The van der Waals surface area contributed by atoms with E-state index in [2.05, 4.69) is 6.42 Å². The van der Waals surface area contributed by atoms with Gasteiger partial charge in [0.15, 0.2) is 0 Å². The molecule has 11 heavy (non-hydrogen) atoms. The number of hydrogen-bond acceptors (Lipinski definition) is 1. The average Bonchev–Trinajstić information content (AvgIpc) is 2.03. The highest BCUT2D eigenvalue weighted by atomic mass is 16.3. The van der Waals surface area contributed by atoms with Gasteiger partial charge in [-0.2, -0.15) is 0 Å². The summed E-state index contributed by atoms with van der Waals surface area (Å²) in [6.45, 7) is 1.88. The van der Waals surface area contributed by atoms with Crippen molar-refractivity contribution in [2.45, 2.75) is 51.6 Å². The van der Waals surface area contributed by atoms with Crippen molar-refractivity contribution in [3.8, 4) is 0 Å². The van der Waals surface area contributed by atoms with Crippen LogP contribution in [0.1, 0.15) is 45.4 Å². The summed E-state index contributed by atoms with van der Waals surface area (Å²) in [4.78, 5) is 0. The van der Waals surface area contributed by atoms with Gasteiger partial charge in [-0.05, 0) is 44.9 Å². The summed E-state index contributed by atoms with van der Waals surface area (Å²) >= 11 is 0. The third-order valence-corrected chi connectivity index (χ3v) is 2.55. The third-order valence-electron chi connectivity index (χ3n) is 2.55. The molecule has 1 aliphatic rings. The molecule has 0 aromatic heterocycles. The minimum Gasteiger partial charge on any atom is -0.393 e. The fourth-order valence-electron chi connectivity index (χ4n) is 1.76. The molecule has 1 aliphatic carbocycles. The standard InChI is InChI=1S/C10H19O/c1-9(11)7-8-10-5-3-2-4-6-10/h2,9-11H,3-8H2,1H3. The van der Waals surface area contributed by atoms with E-state index in [0.29, 0.717) is 0 Å². The molecule has 65 valence electrons. The maximum atomic E-state index is 9.08. The van der Waals surface area contributed by atoms with Gasteiger partial charge >= 0.3 is 0 Å². The van der Waals surface area contributed by atoms with Crippen LogP contribution in [0.5, 0.6) is 0 Å². The molecule has 0 aliphatic heterocycles. The Labute approximate surface area is 69.8 Å². The van der Waals surface area contributed by atoms with Crippen LogP contribution in [0.25, 0.3) is 0 Å². The van der Waals surface area contributed by atoms with Gasteiger partial charge in [0.25, 0.3) is 0 Å². The van der Waals surface area contributed by atoms with Crippen LogP contribution in [0.2, 0.25) is 0 Å². The molecular formula is C10H19O. The number of aliphatic hydroxyl groups excluding tert-OH is 1. The first-order valence-corrected chi connectivity index (χ1v) is 4.79. The predicted octanol–water partition coefficient (Wildman–Crippen LogP) is 2.54. The average molecular weight is 155 g/mol. The van der Waals surface area contributed by atoms with Gasteiger partial charge in [0.05, 0.1) is 6.10 Å². The van der Waals surface area contributed by atoms with Crippen LogP contribution in [-0.4, -0.2) is 11.2 Å². The Morgan fingerprint density at radius 1 is 1.45 bits per heavy atom. The highest BCUT2D eigenvalue weighted by Gasteiger charge is 2.13. The largest absolute Gasteiger partial charge is 0.393 e. The summed E-state index contributed by atoms with van der Waals surface area (Å²) in [7, 11) is 0. The molecule has 1 heteroatoms. The van der Waals surface area contributed by atoms with Gasteiger partial charge in [-0.25, -0.2) is 0 Å². The normalized spacial score (nSPS) is 23.5. The topological polar surface area (TPSA) is 20.2 Å². The number of rotatable bonds is 3. The maximum absolute atomic E-state index is 9.08. The fourth-order valence-corrected chi connectivity index (χ4v) is 1.76. The van der Waals surface area contributed by atoms with E-state index in [1.807, 2.05) is 6.92 Å². The molecule has 0 amide bonds. The van der Waals surface area contributed by atoms with E-state index in [1.165, 1.54) is 32.1 Å². The number of aliphatic hydroxyl groups is 1. The van der Waals surface area contributed by atoms with E-state index in [9.17, 15) is 0 Å². The van der Waals surface area contributed by atoms with E-state index in [4.69, 9.17) is 5.11 Å². The van der Waals surface area contributed by atoms with Gasteiger partial charge in [0.2, 0.25) is 0 Å². The first-order chi connectivity index (χ1) is 5.29.